The fraction of sp³-hybridized carbons (Fsp3) is 0.294. The van der Waals surface area contributed by atoms with Crippen molar-refractivity contribution in [3.63, 3.8) is 0 Å². The van der Waals surface area contributed by atoms with E-state index in [-0.39, 0.29) is 6.10 Å². The first-order valence-electron chi connectivity index (χ1n) is 6.98. The highest BCUT2D eigenvalue weighted by Crippen LogP contribution is 2.25. The minimum atomic E-state index is 0.222. The molecular formula is C17H22N2O. The Hall–Kier alpha value is -2.16. The summed E-state index contributed by atoms with van der Waals surface area (Å²) >= 11 is 0. The summed E-state index contributed by atoms with van der Waals surface area (Å²) in [6.07, 6.45) is 1.21. The number of nitrogens with two attached hydrogens (primary N) is 1. The van der Waals surface area contributed by atoms with Crippen LogP contribution in [0.5, 0.6) is 5.75 Å². The number of benzene rings is 2. The van der Waals surface area contributed by atoms with Gasteiger partial charge in [0.1, 0.15) is 5.75 Å². The molecular weight excluding hydrogens is 248 g/mol. The largest absolute Gasteiger partial charge is 0.491 e. The summed E-state index contributed by atoms with van der Waals surface area (Å²) in [7, 11) is 0. The van der Waals surface area contributed by atoms with Crippen molar-refractivity contribution in [3.8, 4) is 5.75 Å². The van der Waals surface area contributed by atoms with Gasteiger partial charge in [0.05, 0.1) is 6.10 Å². The van der Waals surface area contributed by atoms with E-state index in [9.17, 15) is 0 Å². The van der Waals surface area contributed by atoms with Gasteiger partial charge in [-0.3, -0.25) is 0 Å². The molecule has 0 saturated carbocycles. The van der Waals surface area contributed by atoms with Gasteiger partial charge < -0.3 is 15.8 Å². The maximum absolute atomic E-state index is 5.83. The van der Waals surface area contributed by atoms with Crippen molar-refractivity contribution in [1.29, 1.82) is 0 Å². The summed E-state index contributed by atoms with van der Waals surface area (Å²) in [6, 6.07) is 13.9. The molecule has 0 aliphatic carbocycles. The molecule has 3 nitrogen and oxygen atoms in total. The Kier molecular flexibility index (Phi) is 4.51. The molecule has 0 amide bonds. The van der Waals surface area contributed by atoms with E-state index >= 15 is 0 Å². The molecule has 0 fully saturated rings. The van der Waals surface area contributed by atoms with Crippen LogP contribution < -0.4 is 15.8 Å². The monoisotopic (exact) mass is 270 g/mol. The molecule has 0 aliphatic rings. The fourth-order valence-electron chi connectivity index (χ4n) is 1.89. The van der Waals surface area contributed by atoms with E-state index in [1.54, 1.807) is 0 Å². The lowest BCUT2D eigenvalue weighted by molar-refractivity contribution is 0.217. The summed E-state index contributed by atoms with van der Waals surface area (Å²) in [5.41, 5.74) is 9.76. The molecule has 3 N–H and O–H groups in total. The van der Waals surface area contributed by atoms with Crippen LogP contribution in [-0.4, -0.2) is 6.10 Å². The van der Waals surface area contributed by atoms with Gasteiger partial charge in [0.25, 0.3) is 0 Å². The molecule has 0 aliphatic heterocycles. The third-order valence-corrected chi connectivity index (χ3v) is 3.29. The Morgan fingerprint density at radius 1 is 1.20 bits per heavy atom. The van der Waals surface area contributed by atoms with Gasteiger partial charge in [0, 0.05) is 23.1 Å². The molecule has 2 aromatic rings. The van der Waals surface area contributed by atoms with Crippen molar-refractivity contribution in [3.05, 3.63) is 48.0 Å². The lowest BCUT2D eigenvalue weighted by Crippen LogP contribution is -2.09. The first-order valence-corrected chi connectivity index (χ1v) is 6.98. The molecule has 2 aromatic carbocycles. The van der Waals surface area contributed by atoms with Crippen LogP contribution in [0.2, 0.25) is 0 Å². The van der Waals surface area contributed by atoms with Gasteiger partial charge in [0.15, 0.2) is 0 Å². The number of ether oxygens (including phenoxy) is 1. The van der Waals surface area contributed by atoms with Crippen LogP contribution in [0.1, 0.15) is 25.8 Å². The summed E-state index contributed by atoms with van der Waals surface area (Å²) < 4.78 is 5.83. The first-order chi connectivity index (χ1) is 9.58. The summed E-state index contributed by atoms with van der Waals surface area (Å²) in [5.74, 6) is 0.880. The van der Waals surface area contributed by atoms with Crippen LogP contribution in [0.4, 0.5) is 17.1 Å². The highest BCUT2D eigenvalue weighted by Gasteiger charge is 2.04. The Morgan fingerprint density at radius 2 is 2.00 bits per heavy atom. The Bertz CT molecular complexity index is 581. The highest BCUT2D eigenvalue weighted by atomic mass is 16.5. The number of hydrogen-bond donors (Lipinski definition) is 2. The lowest BCUT2D eigenvalue weighted by atomic mass is 10.1. The standard InChI is InChI=1S/C17H22N2O/c1-4-13(3)20-16-7-5-6-15(11-16)19-17-10-14(18)9-8-12(17)2/h5-11,13,19H,4,18H2,1-3H3. The van der Waals surface area contributed by atoms with Crippen molar-refractivity contribution >= 4 is 17.1 Å². The molecule has 0 spiro atoms. The van der Waals surface area contributed by atoms with Crippen LogP contribution in [0.25, 0.3) is 0 Å². The molecule has 20 heavy (non-hydrogen) atoms. The molecule has 106 valence electrons. The molecule has 1 atom stereocenters. The summed E-state index contributed by atoms with van der Waals surface area (Å²) in [5, 5.41) is 3.38. The zero-order valence-electron chi connectivity index (χ0n) is 12.3. The topological polar surface area (TPSA) is 47.3 Å². The summed E-state index contributed by atoms with van der Waals surface area (Å²) in [6.45, 7) is 6.24. The molecule has 0 aromatic heterocycles. The minimum absolute atomic E-state index is 0.222. The minimum Gasteiger partial charge on any atom is -0.491 e. The molecule has 0 bridgehead atoms. The van der Waals surface area contributed by atoms with E-state index in [4.69, 9.17) is 10.5 Å². The molecule has 0 saturated heterocycles. The van der Waals surface area contributed by atoms with Gasteiger partial charge >= 0.3 is 0 Å². The van der Waals surface area contributed by atoms with Crippen molar-refractivity contribution in [1.82, 2.24) is 0 Å². The van der Waals surface area contributed by atoms with Crippen LogP contribution >= 0.6 is 0 Å². The Balaban J connectivity index is 2.17. The number of nitrogens with one attached hydrogen (secondary N) is 1. The average Bonchev–Trinajstić information content (AvgIpc) is 2.43. The molecule has 2 rings (SSSR count). The zero-order valence-corrected chi connectivity index (χ0v) is 12.3. The molecule has 1 unspecified atom stereocenters. The smallest absolute Gasteiger partial charge is 0.121 e. The van der Waals surface area contributed by atoms with Crippen LogP contribution in [0.3, 0.4) is 0 Å². The van der Waals surface area contributed by atoms with Crippen molar-refractivity contribution in [2.45, 2.75) is 33.3 Å². The van der Waals surface area contributed by atoms with Gasteiger partial charge in [-0.1, -0.05) is 19.1 Å². The lowest BCUT2D eigenvalue weighted by Gasteiger charge is -2.15. The average molecular weight is 270 g/mol. The van der Waals surface area contributed by atoms with Gasteiger partial charge in [-0.25, -0.2) is 0 Å². The van der Waals surface area contributed by atoms with Crippen LogP contribution in [-0.2, 0) is 0 Å². The normalized spacial score (nSPS) is 11.9. The zero-order chi connectivity index (χ0) is 14.5. The number of nitrogen functional groups attached to an aromatic ring is 1. The van der Waals surface area contributed by atoms with Crippen molar-refractivity contribution in [2.24, 2.45) is 0 Å². The summed E-state index contributed by atoms with van der Waals surface area (Å²) in [4.78, 5) is 0. The second-order valence-corrected chi connectivity index (χ2v) is 5.06. The van der Waals surface area contributed by atoms with E-state index in [1.165, 1.54) is 0 Å². The second kappa shape index (κ2) is 6.33. The van der Waals surface area contributed by atoms with Gasteiger partial charge in [-0.2, -0.15) is 0 Å². The fourth-order valence-corrected chi connectivity index (χ4v) is 1.89. The highest BCUT2D eigenvalue weighted by molar-refractivity contribution is 5.67. The number of aryl methyl sites for hydroxylation is 1. The Morgan fingerprint density at radius 3 is 2.75 bits per heavy atom. The van der Waals surface area contributed by atoms with Gasteiger partial charge in [-0.05, 0) is 50.1 Å². The van der Waals surface area contributed by atoms with Crippen LogP contribution in [0.15, 0.2) is 42.5 Å². The maximum atomic E-state index is 5.83. The number of rotatable bonds is 5. The third-order valence-electron chi connectivity index (χ3n) is 3.29. The van der Waals surface area contributed by atoms with E-state index in [0.29, 0.717) is 0 Å². The predicted molar refractivity (Wildman–Crippen MR) is 85.7 cm³/mol. The Labute approximate surface area is 120 Å². The second-order valence-electron chi connectivity index (χ2n) is 5.06. The predicted octanol–water partition coefficient (Wildman–Crippen LogP) is 4.50. The van der Waals surface area contributed by atoms with Crippen molar-refractivity contribution < 1.29 is 4.74 Å². The van der Waals surface area contributed by atoms with E-state index in [2.05, 4.69) is 26.1 Å². The first kappa shape index (κ1) is 14.3. The van der Waals surface area contributed by atoms with E-state index in [1.807, 2.05) is 42.5 Å². The molecule has 3 heteroatoms. The van der Waals surface area contributed by atoms with Gasteiger partial charge in [-0.15, -0.1) is 0 Å². The van der Waals surface area contributed by atoms with Gasteiger partial charge in [0.2, 0.25) is 0 Å². The maximum Gasteiger partial charge on any atom is 0.121 e. The quantitative estimate of drug-likeness (QED) is 0.786. The number of anilines is 3. The number of hydrogen-bond acceptors (Lipinski definition) is 3. The third kappa shape index (κ3) is 3.67. The van der Waals surface area contributed by atoms with E-state index in [0.717, 1.165) is 34.8 Å². The molecule has 0 heterocycles. The SMILES string of the molecule is CCC(C)Oc1cccc(Nc2cc(N)ccc2C)c1. The van der Waals surface area contributed by atoms with Crippen LogP contribution in [0, 0.1) is 6.92 Å². The molecule has 0 radical (unpaired) electrons. The van der Waals surface area contributed by atoms with E-state index < -0.39 is 0 Å². The van der Waals surface area contributed by atoms with Crippen molar-refractivity contribution in [2.75, 3.05) is 11.1 Å².